The molecule has 0 unspecified atom stereocenters. The lowest BCUT2D eigenvalue weighted by atomic mass is 10.2. The van der Waals surface area contributed by atoms with E-state index in [4.69, 9.17) is 9.47 Å². The lowest BCUT2D eigenvalue weighted by Crippen LogP contribution is -2.37. The number of nitrogens with one attached hydrogen (secondary N) is 1. The molecule has 2 rings (SSSR count). The van der Waals surface area contributed by atoms with Crippen molar-refractivity contribution in [3.8, 4) is 0 Å². The quantitative estimate of drug-likeness (QED) is 0.763. The summed E-state index contributed by atoms with van der Waals surface area (Å²) in [5, 5.41) is 2.79. The van der Waals surface area contributed by atoms with E-state index in [-0.39, 0.29) is 25.1 Å². The molecule has 0 saturated heterocycles. The molecule has 1 N–H and O–H groups in total. The van der Waals surface area contributed by atoms with Gasteiger partial charge in [0.05, 0.1) is 12.2 Å². The number of carbonyl (C=O) groups excluding carboxylic acids is 3. The first-order valence-corrected chi connectivity index (χ1v) is 8.17. The van der Waals surface area contributed by atoms with Gasteiger partial charge in [0.15, 0.2) is 6.10 Å². The van der Waals surface area contributed by atoms with Gasteiger partial charge < -0.3 is 19.4 Å². The van der Waals surface area contributed by atoms with E-state index in [0.29, 0.717) is 11.3 Å². The second-order valence-corrected chi connectivity index (χ2v) is 6.01. The van der Waals surface area contributed by atoms with Gasteiger partial charge in [0.2, 0.25) is 0 Å². The SMILES string of the molecule is CCOC(=O)c1cc(C)n(CC(=O)O[C@@H](C)C(=O)NC2CC2)c1C. The van der Waals surface area contributed by atoms with Crippen molar-refractivity contribution in [1.82, 2.24) is 9.88 Å². The third-order valence-electron chi connectivity index (χ3n) is 3.96. The predicted octanol–water partition coefficient (Wildman–Crippen LogP) is 1.49. The normalized spacial score (nSPS) is 14.8. The van der Waals surface area contributed by atoms with E-state index in [1.165, 1.54) is 0 Å². The molecule has 0 spiro atoms. The lowest BCUT2D eigenvalue weighted by molar-refractivity contribution is -0.155. The summed E-state index contributed by atoms with van der Waals surface area (Å²) < 4.78 is 11.9. The van der Waals surface area contributed by atoms with Gasteiger partial charge in [-0.25, -0.2) is 4.79 Å². The monoisotopic (exact) mass is 336 g/mol. The molecule has 1 aliphatic rings. The first kappa shape index (κ1) is 18.0. The Morgan fingerprint density at radius 3 is 2.58 bits per heavy atom. The summed E-state index contributed by atoms with van der Waals surface area (Å²) in [7, 11) is 0. The standard InChI is InChI=1S/C17H24N2O5/c1-5-23-17(22)14-8-10(2)19(11(14)3)9-15(20)24-12(4)16(21)18-13-6-7-13/h8,12-13H,5-7,9H2,1-4H3,(H,18,21)/t12-/m0/s1. The summed E-state index contributed by atoms with van der Waals surface area (Å²) in [6.45, 7) is 7.07. The van der Waals surface area contributed by atoms with Crippen LogP contribution >= 0.6 is 0 Å². The Labute approximate surface area is 141 Å². The predicted molar refractivity (Wildman–Crippen MR) is 86.6 cm³/mol. The van der Waals surface area contributed by atoms with Gasteiger partial charge in [-0.15, -0.1) is 0 Å². The van der Waals surface area contributed by atoms with Crippen LogP contribution in [0, 0.1) is 13.8 Å². The number of hydrogen-bond donors (Lipinski definition) is 1. The molecular weight excluding hydrogens is 312 g/mol. The molecule has 7 nitrogen and oxygen atoms in total. The smallest absolute Gasteiger partial charge is 0.339 e. The Morgan fingerprint density at radius 2 is 2.00 bits per heavy atom. The fourth-order valence-corrected chi connectivity index (χ4v) is 2.42. The van der Waals surface area contributed by atoms with Crippen LogP contribution in [0.1, 0.15) is 48.4 Å². The second kappa shape index (κ2) is 7.51. The molecule has 1 amide bonds. The Morgan fingerprint density at radius 1 is 1.33 bits per heavy atom. The van der Waals surface area contributed by atoms with E-state index in [2.05, 4.69) is 5.32 Å². The third-order valence-corrected chi connectivity index (χ3v) is 3.96. The van der Waals surface area contributed by atoms with Gasteiger partial charge in [0, 0.05) is 17.4 Å². The van der Waals surface area contributed by atoms with Crippen LogP contribution in [0.4, 0.5) is 0 Å². The third kappa shape index (κ3) is 4.37. The van der Waals surface area contributed by atoms with Crippen molar-refractivity contribution < 1.29 is 23.9 Å². The Kier molecular flexibility index (Phi) is 5.64. The molecule has 1 saturated carbocycles. The average Bonchev–Trinajstić information content (AvgIpc) is 3.28. The first-order chi connectivity index (χ1) is 11.3. The number of esters is 2. The van der Waals surface area contributed by atoms with Crippen LogP contribution < -0.4 is 5.32 Å². The highest BCUT2D eigenvalue weighted by molar-refractivity contribution is 5.91. The average molecular weight is 336 g/mol. The van der Waals surface area contributed by atoms with Gasteiger partial charge in [0.1, 0.15) is 6.54 Å². The molecule has 0 aliphatic heterocycles. The Balaban J connectivity index is 1.98. The summed E-state index contributed by atoms with van der Waals surface area (Å²) in [4.78, 5) is 35.8. The molecular formula is C17H24N2O5. The van der Waals surface area contributed by atoms with Crippen LogP contribution in [-0.4, -0.2) is 41.2 Å². The van der Waals surface area contributed by atoms with Gasteiger partial charge in [-0.05, 0) is 46.6 Å². The minimum absolute atomic E-state index is 0.0574. The van der Waals surface area contributed by atoms with Crippen LogP contribution in [0.15, 0.2) is 6.07 Å². The van der Waals surface area contributed by atoms with Crippen molar-refractivity contribution in [1.29, 1.82) is 0 Å². The molecule has 1 atom stereocenters. The molecule has 0 bridgehead atoms. The number of nitrogens with zero attached hydrogens (tertiary/aromatic N) is 1. The summed E-state index contributed by atoms with van der Waals surface area (Å²) in [6.07, 6.45) is 1.12. The van der Waals surface area contributed by atoms with E-state index in [9.17, 15) is 14.4 Å². The zero-order valence-corrected chi connectivity index (χ0v) is 14.5. The number of aromatic nitrogens is 1. The Hall–Kier alpha value is -2.31. The van der Waals surface area contributed by atoms with Gasteiger partial charge in [-0.3, -0.25) is 9.59 Å². The van der Waals surface area contributed by atoms with E-state index in [1.807, 2.05) is 0 Å². The van der Waals surface area contributed by atoms with E-state index in [1.54, 1.807) is 38.3 Å². The van der Waals surface area contributed by atoms with Crippen LogP contribution in [0.25, 0.3) is 0 Å². The number of aryl methyl sites for hydroxylation is 1. The van der Waals surface area contributed by atoms with E-state index in [0.717, 1.165) is 18.5 Å². The number of rotatable bonds is 7. The molecule has 24 heavy (non-hydrogen) atoms. The van der Waals surface area contributed by atoms with Crippen molar-refractivity contribution >= 4 is 17.8 Å². The molecule has 7 heteroatoms. The lowest BCUT2D eigenvalue weighted by Gasteiger charge is -2.15. The minimum Gasteiger partial charge on any atom is -0.462 e. The fraction of sp³-hybridized carbons (Fsp3) is 0.588. The molecule has 0 radical (unpaired) electrons. The largest absolute Gasteiger partial charge is 0.462 e. The molecule has 0 aromatic carbocycles. The number of carbonyl (C=O) groups is 3. The zero-order valence-electron chi connectivity index (χ0n) is 14.5. The second-order valence-electron chi connectivity index (χ2n) is 6.01. The van der Waals surface area contributed by atoms with Gasteiger partial charge in [-0.2, -0.15) is 0 Å². The number of ether oxygens (including phenoxy) is 2. The maximum atomic E-state index is 12.1. The molecule has 1 aliphatic carbocycles. The summed E-state index contributed by atoms with van der Waals surface area (Å²) >= 11 is 0. The summed E-state index contributed by atoms with van der Waals surface area (Å²) in [5.74, 6) is -1.22. The van der Waals surface area contributed by atoms with Crippen molar-refractivity contribution in [2.75, 3.05) is 6.61 Å². The van der Waals surface area contributed by atoms with Gasteiger partial charge in [0.25, 0.3) is 5.91 Å². The summed E-state index contributed by atoms with van der Waals surface area (Å²) in [6, 6.07) is 1.91. The zero-order chi connectivity index (χ0) is 17.9. The van der Waals surface area contributed by atoms with Crippen molar-refractivity contribution in [3.63, 3.8) is 0 Å². The van der Waals surface area contributed by atoms with Crippen LogP contribution in [0.3, 0.4) is 0 Å². The molecule has 1 fully saturated rings. The van der Waals surface area contributed by atoms with Crippen molar-refractivity contribution in [2.24, 2.45) is 0 Å². The minimum atomic E-state index is -0.834. The number of hydrogen-bond acceptors (Lipinski definition) is 5. The maximum absolute atomic E-state index is 12.1. The van der Waals surface area contributed by atoms with Crippen LogP contribution in [-0.2, 0) is 25.6 Å². The highest BCUT2D eigenvalue weighted by atomic mass is 16.5. The summed E-state index contributed by atoms with van der Waals surface area (Å²) in [5.41, 5.74) is 1.82. The van der Waals surface area contributed by atoms with Gasteiger partial charge in [-0.1, -0.05) is 0 Å². The molecule has 1 heterocycles. The number of amides is 1. The van der Waals surface area contributed by atoms with Gasteiger partial charge >= 0.3 is 11.9 Å². The molecule has 132 valence electrons. The topological polar surface area (TPSA) is 86.6 Å². The fourth-order valence-electron chi connectivity index (χ4n) is 2.42. The Bertz CT molecular complexity index is 646. The van der Waals surface area contributed by atoms with E-state index >= 15 is 0 Å². The maximum Gasteiger partial charge on any atom is 0.339 e. The van der Waals surface area contributed by atoms with Crippen LogP contribution in [0.2, 0.25) is 0 Å². The van der Waals surface area contributed by atoms with E-state index < -0.39 is 18.0 Å². The molecule has 1 aromatic rings. The van der Waals surface area contributed by atoms with Crippen LogP contribution in [0.5, 0.6) is 0 Å². The molecule has 1 aromatic heterocycles. The highest BCUT2D eigenvalue weighted by Crippen LogP contribution is 2.19. The highest BCUT2D eigenvalue weighted by Gasteiger charge is 2.27. The van der Waals surface area contributed by atoms with Crippen molar-refractivity contribution in [2.45, 2.75) is 59.2 Å². The van der Waals surface area contributed by atoms with Crippen molar-refractivity contribution in [3.05, 3.63) is 23.0 Å². The first-order valence-electron chi connectivity index (χ1n) is 8.17.